The van der Waals surface area contributed by atoms with Crippen molar-refractivity contribution in [1.29, 1.82) is 0 Å². The number of aromatic nitrogens is 2. The molecule has 2 heterocycles. The summed E-state index contributed by atoms with van der Waals surface area (Å²) in [6.07, 6.45) is 3.71. The van der Waals surface area contributed by atoms with Gasteiger partial charge in [-0.3, -0.25) is 10.1 Å². The van der Waals surface area contributed by atoms with Gasteiger partial charge in [0.1, 0.15) is 0 Å². The molecule has 0 unspecified atom stereocenters. The van der Waals surface area contributed by atoms with Crippen LogP contribution in [-0.2, 0) is 19.9 Å². The molecule has 0 saturated carbocycles. The molecule has 0 spiro atoms. The monoisotopic (exact) mass is 532 g/mol. The van der Waals surface area contributed by atoms with Crippen LogP contribution in [0, 0.1) is 0 Å². The minimum absolute atomic E-state index is 0.0463. The summed E-state index contributed by atoms with van der Waals surface area (Å²) in [4.78, 5) is 12.9. The minimum Gasteiger partial charge on any atom is -0.403 e. The van der Waals surface area contributed by atoms with Crippen LogP contribution in [-0.4, -0.2) is 55.6 Å². The number of rotatable bonds is 7. The Kier molecular flexibility index (Phi) is 7.57. The lowest BCUT2D eigenvalue weighted by atomic mass is 10.2. The number of nitrogens with one attached hydrogen (secondary N) is 1. The third-order valence-corrected chi connectivity index (χ3v) is 10.1. The predicted molar refractivity (Wildman–Crippen MR) is 134 cm³/mol. The molecule has 0 bridgehead atoms. The van der Waals surface area contributed by atoms with E-state index in [1.807, 2.05) is 0 Å². The van der Waals surface area contributed by atoms with Gasteiger partial charge in [-0.05, 0) is 69.2 Å². The number of hydrogen-bond acceptors (Lipinski definition) is 8. The first kappa shape index (κ1) is 26.0. The summed E-state index contributed by atoms with van der Waals surface area (Å²) in [5.41, 5.74) is 0.613. The fourth-order valence-electron chi connectivity index (χ4n) is 3.85. The number of carbonyl (C=O) groups excluding carboxylic acids is 1. The second kappa shape index (κ2) is 10.5. The van der Waals surface area contributed by atoms with E-state index in [0.29, 0.717) is 18.7 Å². The van der Waals surface area contributed by atoms with Gasteiger partial charge >= 0.3 is 6.01 Å². The highest BCUT2D eigenvalue weighted by molar-refractivity contribution is 7.92. The number of nitrogens with zero attached hydrogens (tertiary/aromatic N) is 3. The topological polar surface area (TPSA) is 140 Å². The van der Waals surface area contributed by atoms with E-state index in [9.17, 15) is 21.6 Å². The van der Waals surface area contributed by atoms with Crippen molar-refractivity contribution in [2.75, 3.05) is 18.4 Å². The first-order valence-electron chi connectivity index (χ1n) is 11.7. The number of hydrogen-bond donors (Lipinski definition) is 1. The van der Waals surface area contributed by atoms with Crippen LogP contribution >= 0.6 is 0 Å². The normalized spacial score (nSPS) is 15.5. The van der Waals surface area contributed by atoms with Crippen molar-refractivity contribution < 1.29 is 26.0 Å². The Morgan fingerprint density at radius 2 is 1.58 bits per heavy atom. The number of benzene rings is 2. The fourth-order valence-corrected chi connectivity index (χ4v) is 6.47. The van der Waals surface area contributed by atoms with Crippen LogP contribution in [0.5, 0.6) is 0 Å². The van der Waals surface area contributed by atoms with Crippen LogP contribution in [0.15, 0.2) is 62.7 Å². The molecule has 1 N–H and O–H groups in total. The molecule has 1 saturated heterocycles. The maximum atomic E-state index is 12.9. The SMILES string of the molecule is CC(C)S(=O)(=O)c1cccc(-c2nnc(NC(=O)c3ccc(S(=O)(=O)N4CCCCCC4)cc3)o2)c1. The smallest absolute Gasteiger partial charge is 0.322 e. The number of sulfone groups is 1. The Bertz CT molecular complexity index is 1440. The summed E-state index contributed by atoms with van der Waals surface area (Å²) < 4.78 is 57.8. The highest BCUT2D eigenvalue weighted by Gasteiger charge is 2.25. The molecule has 12 heteroatoms. The Morgan fingerprint density at radius 1 is 0.917 bits per heavy atom. The molecule has 4 rings (SSSR count). The number of anilines is 1. The van der Waals surface area contributed by atoms with Gasteiger partial charge in [0.05, 0.1) is 15.0 Å². The molecule has 0 radical (unpaired) electrons. The van der Waals surface area contributed by atoms with E-state index in [-0.39, 0.29) is 27.3 Å². The zero-order valence-corrected chi connectivity index (χ0v) is 21.7. The van der Waals surface area contributed by atoms with E-state index >= 15 is 0 Å². The third-order valence-electron chi connectivity index (χ3n) is 5.99. The fraction of sp³-hybridized carbons (Fsp3) is 0.375. The van der Waals surface area contributed by atoms with Crippen LogP contribution in [0.2, 0.25) is 0 Å². The molecule has 0 aliphatic carbocycles. The average Bonchev–Trinajstić information content (AvgIpc) is 3.15. The van der Waals surface area contributed by atoms with Gasteiger partial charge in [0.25, 0.3) is 5.91 Å². The van der Waals surface area contributed by atoms with Crippen molar-refractivity contribution in [3.05, 3.63) is 54.1 Å². The summed E-state index contributed by atoms with van der Waals surface area (Å²) in [5.74, 6) is -0.509. The lowest BCUT2D eigenvalue weighted by molar-refractivity contribution is 0.102. The Balaban J connectivity index is 1.47. The van der Waals surface area contributed by atoms with Crippen LogP contribution in [0.1, 0.15) is 49.9 Å². The van der Waals surface area contributed by atoms with Crippen molar-refractivity contribution >= 4 is 31.8 Å². The van der Waals surface area contributed by atoms with Gasteiger partial charge in [-0.2, -0.15) is 4.31 Å². The standard InChI is InChI=1S/C24H28N4O6S2/c1-17(2)35(30,31)21-9-7-8-19(16-21)23-26-27-24(34-23)25-22(29)18-10-12-20(13-11-18)36(32,33)28-14-5-3-4-6-15-28/h7-13,16-17H,3-6,14-15H2,1-2H3,(H,25,27,29). The van der Waals surface area contributed by atoms with E-state index in [0.717, 1.165) is 25.7 Å². The third kappa shape index (κ3) is 5.50. The van der Waals surface area contributed by atoms with Crippen LogP contribution in [0.3, 0.4) is 0 Å². The van der Waals surface area contributed by atoms with Gasteiger partial charge in [0, 0.05) is 24.2 Å². The van der Waals surface area contributed by atoms with Crippen molar-refractivity contribution in [3.8, 4) is 11.5 Å². The molecule has 0 atom stereocenters. The van der Waals surface area contributed by atoms with Crippen LogP contribution in [0.25, 0.3) is 11.5 Å². The molecule has 1 amide bonds. The molecule has 3 aromatic rings. The molecule has 1 aliphatic rings. The molecule has 36 heavy (non-hydrogen) atoms. The first-order chi connectivity index (χ1) is 17.1. The van der Waals surface area contributed by atoms with E-state index in [4.69, 9.17) is 4.42 Å². The summed E-state index contributed by atoms with van der Waals surface area (Å²) in [6.45, 7) is 4.19. The Hall–Kier alpha value is -3.09. The second-order valence-corrected chi connectivity index (χ2v) is 13.3. The molecule has 1 aliphatic heterocycles. The average molecular weight is 533 g/mol. The lowest BCUT2D eigenvalue weighted by Gasteiger charge is -2.19. The van der Waals surface area contributed by atoms with E-state index in [1.165, 1.54) is 40.7 Å². The highest BCUT2D eigenvalue weighted by atomic mass is 32.2. The minimum atomic E-state index is -3.62. The summed E-state index contributed by atoms with van der Waals surface area (Å²) in [5, 5.41) is 9.60. The van der Waals surface area contributed by atoms with Crippen molar-refractivity contribution in [2.24, 2.45) is 0 Å². The van der Waals surface area contributed by atoms with E-state index in [1.54, 1.807) is 26.0 Å². The number of amides is 1. The van der Waals surface area contributed by atoms with Gasteiger partial charge in [-0.1, -0.05) is 24.0 Å². The lowest BCUT2D eigenvalue weighted by Crippen LogP contribution is -2.31. The second-order valence-electron chi connectivity index (χ2n) is 8.83. The molecule has 1 aromatic heterocycles. The van der Waals surface area contributed by atoms with Crippen molar-refractivity contribution in [2.45, 2.75) is 54.6 Å². The van der Waals surface area contributed by atoms with Gasteiger partial charge in [-0.15, -0.1) is 5.10 Å². The molecular weight excluding hydrogens is 504 g/mol. The molecule has 2 aromatic carbocycles. The molecule has 1 fully saturated rings. The van der Waals surface area contributed by atoms with E-state index < -0.39 is 31.0 Å². The molecule has 10 nitrogen and oxygen atoms in total. The molecular formula is C24H28N4O6S2. The van der Waals surface area contributed by atoms with Crippen molar-refractivity contribution in [3.63, 3.8) is 0 Å². The Labute approximate surface area is 210 Å². The van der Waals surface area contributed by atoms with Gasteiger partial charge in [0.15, 0.2) is 9.84 Å². The zero-order valence-electron chi connectivity index (χ0n) is 20.0. The first-order valence-corrected chi connectivity index (χ1v) is 14.7. The summed E-state index contributed by atoms with van der Waals surface area (Å²) in [7, 11) is -7.10. The zero-order chi connectivity index (χ0) is 25.9. The highest BCUT2D eigenvalue weighted by Crippen LogP contribution is 2.25. The van der Waals surface area contributed by atoms with Crippen molar-refractivity contribution in [1.82, 2.24) is 14.5 Å². The maximum absolute atomic E-state index is 12.9. The van der Waals surface area contributed by atoms with Gasteiger partial charge in [-0.25, -0.2) is 16.8 Å². The quantitative estimate of drug-likeness (QED) is 0.485. The predicted octanol–water partition coefficient (Wildman–Crippen LogP) is 3.74. The van der Waals surface area contributed by atoms with Gasteiger partial charge in [0.2, 0.25) is 15.9 Å². The van der Waals surface area contributed by atoms with Gasteiger partial charge < -0.3 is 4.42 Å². The van der Waals surface area contributed by atoms with E-state index in [2.05, 4.69) is 15.5 Å². The maximum Gasteiger partial charge on any atom is 0.322 e. The molecule has 192 valence electrons. The summed E-state index contributed by atoms with van der Waals surface area (Å²) in [6, 6.07) is 11.6. The number of sulfonamides is 1. The largest absolute Gasteiger partial charge is 0.403 e. The Morgan fingerprint density at radius 3 is 2.22 bits per heavy atom. The van der Waals surface area contributed by atoms with Crippen LogP contribution in [0.4, 0.5) is 6.01 Å². The number of carbonyl (C=O) groups is 1. The van der Waals surface area contributed by atoms with Crippen LogP contribution < -0.4 is 5.32 Å². The summed E-state index contributed by atoms with van der Waals surface area (Å²) >= 11 is 0.